The molecule has 6 heteroatoms. The highest BCUT2D eigenvalue weighted by Gasteiger charge is 2.30. The van der Waals surface area contributed by atoms with Gasteiger partial charge in [-0.3, -0.25) is 4.68 Å². The molecule has 0 bridgehead atoms. The van der Waals surface area contributed by atoms with E-state index in [4.69, 9.17) is 0 Å². The second-order valence-corrected chi connectivity index (χ2v) is 6.95. The van der Waals surface area contributed by atoms with E-state index in [-0.39, 0.29) is 6.10 Å². The lowest BCUT2D eigenvalue weighted by Gasteiger charge is -2.31. The average Bonchev–Trinajstić information content (AvgIpc) is 2.76. The number of hydrogen-bond acceptors (Lipinski definition) is 5. The topological polar surface area (TPSA) is 50.9 Å². The molecule has 0 saturated carbocycles. The largest absolute Gasteiger partial charge is 0.391 e. The number of thioether (sulfide) groups is 2. The van der Waals surface area contributed by atoms with Crippen molar-refractivity contribution in [1.29, 1.82) is 0 Å². The molecule has 17 heavy (non-hydrogen) atoms. The summed E-state index contributed by atoms with van der Waals surface area (Å²) >= 11 is 3.84. The Labute approximate surface area is 111 Å². The molecule has 0 aromatic carbocycles. The molecule has 1 aromatic rings. The fourth-order valence-corrected chi connectivity index (χ4v) is 4.93. The second kappa shape index (κ2) is 6.11. The molecule has 1 aromatic heterocycles. The lowest BCUT2D eigenvalue weighted by Crippen LogP contribution is -2.36. The molecule has 0 aliphatic carbocycles. The Hall–Kier alpha value is -0.200. The molecule has 1 saturated heterocycles. The number of aliphatic hydroxyl groups is 1. The summed E-state index contributed by atoms with van der Waals surface area (Å²) in [6.45, 7) is 5.05. The highest BCUT2D eigenvalue weighted by Crippen LogP contribution is 2.33. The van der Waals surface area contributed by atoms with Crippen LogP contribution in [0.25, 0.3) is 0 Å². The van der Waals surface area contributed by atoms with Gasteiger partial charge in [0.15, 0.2) is 0 Å². The van der Waals surface area contributed by atoms with E-state index in [1.54, 1.807) is 6.33 Å². The van der Waals surface area contributed by atoms with Crippen molar-refractivity contribution in [3.63, 3.8) is 0 Å². The van der Waals surface area contributed by atoms with Crippen molar-refractivity contribution in [2.24, 2.45) is 0 Å². The van der Waals surface area contributed by atoms with Crippen molar-refractivity contribution in [3.05, 3.63) is 12.2 Å². The molecule has 2 heterocycles. The van der Waals surface area contributed by atoms with Crippen LogP contribution in [-0.4, -0.2) is 48.0 Å². The summed E-state index contributed by atoms with van der Waals surface area (Å²) in [5.41, 5.74) is 0. The van der Waals surface area contributed by atoms with Gasteiger partial charge in [0.1, 0.15) is 12.2 Å². The lowest BCUT2D eigenvalue weighted by molar-refractivity contribution is 0.167. The zero-order valence-corrected chi connectivity index (χ0v) is 11.9. The molecule has 0 spiro atoms. The van der Waals surface area contributed by atoms with E-state index >= 15 is 0 Å². The van der Waals surface area contributed by atoms with Gasteiger partial charge >= 0.3 is 0 Å². The maximum atomic E-state index is 10.3. The zero-order valence-electron chi connectivity index (χ0n) is 10.2. The third-order valence-electron chi connectivity index (χ3n) is 3.00. The van der Waals surface area contributed by atoms with Gasteiger partial charge in [-0.15, -0.1) is 0 Å². The van der Waals surface area contributed by atoms with Crippen LogP contribution in [0, 0.1) is 0 Å². The first-order valence-corrected chi connectivity index (χ1v) is 8.10. The van der Waals surface area contributed by atoms with Crippen molar-refractivity contribution in [1.82, 2.24) is 14.8 Å². The molecule has 4 nitrogen and oxygen atoms in total. The van der Waals surface area contributed by atoms with Gasteiger partial charge in [-0.05, 0) is 6.92 Å². The van der Waals surface area contributed by atoms with Crippen LogP contribution in [0.5, 0.6) is 0 Å². The highest BCUT2D eigenvalue weighted by atomic mass is 32.2. The fourth-order valence-electron chi connectivity index (χ4n) is 2.09. The number of aryl methyl sites for hydroxylation is 1. The van der Waals surface area contributed by atoms with Gasteiger partial charge in [0.05, 0.1) is 6.10 Å². The predicted octanol–water partition coefficient (Wildman–Crippen LogP) is 1.44. The fraction of sp³-hybridized carbons (Fsp3) is 0.818. The van der Waals surface area contributed by atoms with E-state index in [0.29, 0.717) is 16.9 Å². The minimum absolute atomic E-state index is 0.316. The van der Waals surface area contributed by atoms with Crippen molar-refractivity contribution < 1.29 is 5.11 Å². The Morgan fingerprint density at radius 3 is 3.00 bits per heavy atom. The first kappa shape index (κ1) is 13.2. The van der Waals surface area contributed by atoms with Crippen molar-refractivity contribution >= 4 is 23.5 Å². The summed E-state index contributed by atoms with van der Waals surface area (Å²) in [6.07, 6.45) is 1.85. The molecule has 3 unspecified atom stereocenters. The van der Waals surface area contributed by atoms with Crippen LogP contribution < -0.4 is 0 Å². The molecule has 0 radical (unpaired) electrons. The van der Waals surface area contributed by atoms with E-state index in [2.05, 4.69) is 17.0 Å². The Kier molecular flexibility index (Phi) is 4.76. The Bertz CT molecular complexity index is 358. The van der Waals surface area contributed by atoms with Crippen molar-refractivity contribution in [2.75, 3.05) is 11.5 Å². The van der Waals surface area contributed by atoms with E-state index in [9.17, 15) is 5.11 Å². The van der Waals surface area contributed by atoms with Crippen molar-refractivity contribution in [3.8, 4) is 0 Å². The van der Waals surface area contributed by atoms with Crippen LogP contribution in [0.15, 0.2) is 6.33 Å². The maximum absolute atomic E-state index is 10.3. The summed E-state index contributed by atoms with van der Waals surface area (Å²) in [4.78, 5) is 4.22. The molecule has 96 valence electrons. The van der Waals surface area contributed by atoms with Crippen LogP contribution in [0.2, 0.25) is 0 Å². The molecule has 1 fully saturated rings. The Morgan fingerprint density at radius 1 is 1.53 bits per heavy atom. The van der Waals surface area contributed by atoms with Gasteiger partial charge in [-0.2, -0.15) is 28.6 Å². The van der Waals surface area contributed by atoms with Gasteiger partial charge in [-0.25, -0.2) is 4.98 Å². The average molecular weight is 273 g/mol. The molecule has 3 atom stereocenters. The summed E-state index contributed by atoms with van der Waals surface area (Å²) in [5.74, 6) is 3.22. The zero-order chi connectivity index (χ0) is 12.3. The summed E-state index contributed by atoms with van der Waals surface area (Å²) in [6, 6.07) is 0. The van der Waals surface area contributed by atoms with Gasteiger partial charge in [0.25, 0.3) is 0 Å². The third kappa shape index (κ3) is 3.17. The number of nitrogens with zero attached hydrogens (tertiary/aromatic N) is 3. The third-order valence-corrected chi connectivity index (χ3v) is 6.24. The quantitative estimate of drug-likeness (QED) is 0.899. The first-order valence-electron chi connectivity index (χ1n) is 6.00. The second-order valence-electron chi connectivity index (χ2n) is 4.17. The Balaban J connectivity index is 1.98. The number of aromatic nitrogens is 3. The van der Waals surface area contributed by atoms with Gasteiger partial charge in [-0.1, -0.05) is 6.92 Å². The van der Waals surface area contributed by atoms with Crippen LogP contribution >= 0.6 is 23.5 Å². The molecule has 1 aliphatic heterocycles. The van der Waals surface area contributed by atoms with Gasteiger partial charge in [0, 0.05) is 35.0 Å². The number of rotatable bonds is 4. The molecule has 0 amide bonds. The van der Waals surface area contributed by atoms with Gasteiger partial charge < -0.3 is 5.11 Å². The van der Waals surface area contributed by atoms with Crippen LogP contribution in [0.1, 0.15) is 19.7 Å². The number of aliphatic hydroxyl groups excluding tert-OH is 1. The minimum Gasteiger partial charge on any atom is -0.391 e. The first-order chi connectivity index (χ1) is 8.22. The summed E-state index contributed by atoms with van der Waals surface area (Å²) in [5, 5.41) is 15.3. The van der Waals surface area contributed by atoms with E-state index < -0.39 is 0 Å². The molecule has 2 rings (SSSR count). The van der Waals surface area contributed by atoms with E-state index in [1.165, 1.54) is 5.75 Å². The minimum atomic E-state index is -0.322. The predicted molar refractivity (Wildman–Crippen MR) is 73.6 cm³/mol. The molecular formula is C11H19N3OS2. The monoisotopic (exact) mass is 273 g/mol. The molecule has 1 N–H and O–H groups in total. The lowest BCUT2D eigenvalue weighted by atomic mass is 10.1. The highest BCUT2D eigenvalue weighted by molar-refractivity contribution is 8.07. The smallest absolute Gasteiger partial charge is 0.138 e. The van der Waals surface area contributed by atoms with Crippen LogP contribution in [0.4, 0.5) is 0 Å². The summed E-state index contributed by atoms with van der Waals surface area (Å²) < 4.78 is 1.86. The van der Waals surface area contributed by atoms with Crippen LogP contribution in [-0.2, 0) is 13.0 Å². The maximum Gasteiger partial charge on any atom is 0.138 e. The number of hydrogen-bond donors (Lipinski definition) is 1. The Morgan fingerprint density at radius 2 is 2.29 bits per heavy atom. The SMILES string of the molecule is CCn1ncnc1CC(O)C1SCCSC1C. The summed E-state index contributed by atoms with van der Waals surface area (Å²) in [7, 11) is 0. The van der Waals surface area contributed by atoms with Crippen LogP contribution in [0.3, 0.4) is 0 Å². The molecule has 1 aliphatic rings. The van der Waals surface area contributed by atoms with Crippen molar-refractivity contribution in [2.45, 2.75) is 43.4 Å². The molecular weight excluding hydrogens is 254 g/mol. The van der Waals surface area contributed by atoms with E-state index in [1.807, 2.05) is 35.1 Å². The normalized spacial score (nSPS) is 27.0. The van der Waals surface area contributed by atoms with E-state index in [0.717, 1.165) is 18.1 Å². The van der Waals surface area contributed by atoms with Gasteiger partial charge in [0.2, 0.25) is 0 Å². The standard InChI is InChI=1S/C11H19N3OS2/c1-3-14-10(12-7-13-14)6-9(15)11-8(2)16-4-5-17-11/h7-9,11,15H,3-6H2,1-2H3.